The van der Waals surface area contributed by atoms with Crippen LogP contribution in [0.4, 0.5) is 10.1 Å². The van der Waals surface area contributed by atoms with Crippen molar-refractivity contribution in [2.24, 2.45) is 0 Å². The van der Waals surface area contributed by atoms with Crippen LogP contribution in [0.25, 0.3) is 0 Å². The maximum Gasteiger partial charge on any atom is 0.303 e. The zero-order chi connectivity index (χ0) is 24.3. The third kappa shape index (κ3) is 4.98. The molecular formula is C26H28FN3O3S. The van der Waals surface area contributed by atoms with Crippen molar-refractivity contribution in [3.8, 4) is 0 Å². The molecule has 0 aliphatic heterocycles. The van der Waals surface area contributed by atoms with Gasteiger partial charge in [-0.1, -0.05) is 48.5 Å². The van der Waals surface area contributed by atoms with Crippen LogP contribution in [0, 0.1) is 5.82 Å². The molecule has 3 aromatic rings. The molecule has 0 saturated heterocycles. The summed E-state index contributed by atoms with van der Waals surface area (Å²) in [6.07, 6.45) is 2.93. The minimum atomic E-state index is -3.94. The smallest absolute Gasteiger partial charge is 0.303 e. The lowest BCUT2D eigenvalue weighted by Gasteiger charge is -2.28. The Morgan fingerprint density at radius 2 is 1.68 bits per heavy atom. The number of carbonyl (C=O) groups excluding carboxylic acids is 1. The van der Waals surface area contributed by atoms with Crippen LogP contribution >= 0.6 is 0 Å². The lowest BCUT2D eigenvalue weighted by Crippen LogP contribution is -2.40. The van der Waals surface area contributed by atoms with Crippen molar-refractivity contribution in [2.45, 2.75) is 31.8 Å². The van der Waals surface area contributed by atoms with E-state index in [4.69, 9.17) is 0 Å². The fraction of sp³-hybridized carbons (Fsp3) is 0.269. The first-order valence-electron chi connectivity index (χ1n) is 11.2. The van der Waals surface area contributed by atoms with Crippen LogP contribution in [-0.2, 0) is 23.2 Å². The molecule has 1 aliphatic carbocycles. The average molecular weight is 482 g/mol. The van der Waals surface area contributed by atoms with Crippen molar-refractivity contribution in [1.82, 2.24) is 9.62 Å². The van der Waals surface area contributed by atoms with E-state index in [0.717, 1.165) is 33.4 Å². The molecule has 8 heteroatoms. The van der Waals surface area contributed by atoms with E-state index in [1.807, 2.05) is 12.1 Å². The highest BCUT2D eigenvalue weighted by atomic mass is 32.2. The van der Waals surface area contributed by atoms with Crippen LogP contribution in [-0.4, -0.2) is 32.7 Å². The van der Waals surface area contributed by atoms with Crippen molar-refractivity contribution < 1.29 is 17.6 Å². The molecule has 0 aromatic heterocycles. The minimum Gasteiger partial charge on any atom is -0.345 e. The summed E-state index contributed by atoms with van der Waals surface area (Å²) in [7, 11) is -1.13. The Balaban J connectivity index is 1.52. The van der Waals surface area contributed by atoms with E-state index in [9.17, 15) is 17.6 Å². The van der Waals surface area contributed by atoms with Crippen LogP contribution in [0.5, 0.6) is 0 Å². The highest BCUT2D eigenvalue weighted by Crippen LogP contribution is 2.30. The third-order valence-corrected chi connectivity index (χ3v) is 7.88. The fourth-order valence-electron chi connectivity index (χ4n) is 4.21. The second kappa shape index (κ2) is 9.95. The summed E-state index contributed by atoms with van der Waals surface area (Å²) < 4.78 is 42.3. The van der Waals surface area contributed by atoms with E-state index >= 15 is 0 Å². The molecule has 1 atom stereocenters. The topological polar surface area (TPSA) is 69.7 Å². The van der Waals surface area contributed by atoms with Gasteiger partial charge in [-0.25, -0.2) is 4.39 Å². The second-order valence-corrected chi connectivity index (χ2v) is 10.6. The summed E-state index contributed by atoms with van der Waals surface area (Å²) in [4.78, 5) is 12.9. The van der Waals surface area contributed by atoms with E-state index in [1.165, 1.54) is 37.9 Å². The summed E-state index contributed by atoms with van der Waals surface area (Å²) in [5, 5.41) is 3.12. The maximum atomic E-state index is 14.5. The van der Waals surface area contributed by atoms with Gasteiger partial charge in [0.1, 0.15) is 5.82 Å². The number of carbonyl (C=O) groups is 1. The van der Waals surface area contributed by atoms with E-state index in [-0.39, 0.29) is 24.2 Å². The highest BCUT2D eigenvalue weighted by Gasteiger charge is 2.27. The molecule has 178 valence electrons. The van der Waals surface area contributed by atoms with E-state index < -0.39 is 16.0 Å². The van der Waals surface area contributed by atoms with Gasteiger partial charge in [0.25, 0.3) is 5.91 Å². The predicted octanol–water partition coefficient (Wildman–Crippen LogP) is 4.45. The number of nitrogens with zero attached hydrogens (tertiary/aromatic N) is 2. The number of para-hydroxylation sites is 1. The van der Waals surface area contributed by atoms with Crippen molar-refractivity contribution in [3.63, 3.8) is 0 Å². The summed E-state index contributed by atoms with van der Waals surface area (Å²) in [5.74, 6) is -0.809. The van der Waals surface area contributed by atoms with Crippen LogP contribution in [0.3, 0.4) is 0 Å². The molecule has 34 heavy (non-hydrogen) atoms. The Hall–Kier alpha value is -3.23. The average Bonchev–Trinajstić information content (AvgIpc) is 2.83. The lowest BCUT2D eigenvalue weighted by molar-refractivity contribution is 0.0932. The molecule has 1 amide bonds. The number of anilines is 1. The van der Waals surface area contributed by atoms with Crippen molar-refractivity contribution in [2.75, 3.05) is 18.4 Å². The van der Waals surface area contributed by atoms with Gasteiger partial charge in [-0.3, -0.25) is 9.10 Å². The number of amides is 1. The largest absolute Gasteiger partial charge is 0.345 e. The third-order valence-electron chi connectivity index (χ3n) is 6.08. The summed E-state index contributed by atoms with van der Waals surface area (Å²) in [6.45, 7) is -0.0701. The first-order chi connectivity index (χ1) is 16.3. The summed E-state index contributed by atoms with van der Waals surface area (Å²) in [5.41, 5.74) is 3.51. The molecule has 4 rings (SSSR count). The summed E-state index contributed by atoms with van der Waals surface area (Å²) in [6, 6.07) is 20.6. The standard InChI is InChI=1S/C26H28FN3O3S/c1-29(2)34(32,33)30(25-13-6-5-11-23(25)27)18-19-14-16-21(17-15-19)26(31)28-24-12-7-9-20-8-3-4-10-22(20)24/h3-6,8,10-11,13-17,24H,7,9,12,18H2,1-2H3,(H,28,31). The Bertz CT molecular complexity index is 1280. The Labute approximate surface area is 200 Å². The molecular weight excluding hydrogens is 453 g/mol. The van der Waals surface area contributed by atoms with Gasteiger partial charge in [-0.05, 0) is 60.2 Å². The molecule has 0 bridgehead atoms. The highest BCUT2D eigenvalue weighted by molar-refractivity contribution is 7.90. The van der Waals surface area contributed by atoms with E-state index in [2.05, 4.69) is 17.4 Å². The Morgan fingerprint density at radius 3 is 2.38 bits per heavy atom. The number of hydrogen-bond donors (Lipinski definition) is 1. The minimum absolute atomic E-state index is 0.0288. The summed E-state index contributed by atoms with van der Waals surface area (Å²) >= 11 is 0. The molecule has 0 heterocycles. The monoisotopic (exact) mass is 481 g/mol. The molecule has 0 saturated carbocycles. The molecule has 6 nitrogen and oxygen atoms in total. The van der Waals surface area contributed by atoms with Crippen molar-refractivity contribution in [3.05, 3.63) is 101 Å². The van der Waals surface area contributed by atoms with Gasteiger partial charge in [0.2, 0.25) is 0 Å². The van der Waals surface area contributed by atoms with Gasteiger partial charge in [0, 0.05) is 19.7 Å². The van der Waals surface area contributed by atoms with Crippen LogP contribution in [0.15, 0.2) is 72.8 Å². The van der Waals surface area contributed by atoms with E-state index in [1.54, 1.807) is 30.3 Å². The first kappa shape index (κ1) is 23.9. The number of halogens is 1. The van der Waals surface area contributed by atoms with Crippen LogP contribution < -0.4 is 9.62 Å². The second-order valence-electron chi connectivity index (χ2n) is 8.56. The molecule has 0 spiro atoms. The predicted molar refractivity (Wildman–Crippen MR) is 131 cm³/mol. The number of nitrogens with one attached hydrogen (secondary N) is 1. The molecule has 1 aliphatic rings. The SMILES string of the molecule is CN(C)S(=O)(=O)N(Cc1ccc(C(=O)NC2CCCc3ccccc32)cc1)c1ccccc1F. The van der Waals surface area contributed by atoms with Crippen LogP contribution in [0.1, 0.15) is 45.9 Å². The fourth-order valence-corrected chi connectivity index (χ4v) is 5.32. The van der Waals surface area contributed by atoms with Gasteiger partial charge < -0.3 is 5.32 Å². The molecule has 0 fully saturated rings. The number of fused-ring (bicyclic) bond motifs is 1. The molecule has 1 N–H and O–H groups in total. The number of rotatable bonds is 7. The first-order valence-corrected chi connectivity index (χ1v) is 12.6. The molecule has 0 radical (unpaired) electrons. The number of hydrogen-bond acceptors (Lipinski definition) is 3. The van der Waals surface area contributed by atoms with Gasteiger partial charge in [0.15, 0.2) is 0 Å². The van der Waals surface area contributed by atoms with Gasteiger partial charge in [-0.15, -0.1) is 0 Å². The number of benzene rings is 3. The zero-order valence-electron chi connectivity index (χ0n) is 19.2. The Kier molecular flexibility index (Phi) is 7.00. The number of aryl methyl sites for hydroxylation is 1. The van der Waals surface area contributed by atoms with Gasteiger partial charge in [0.05, 0.1) is 18.3 Å². The quantitative estimate of drug-likeness (QED) is 0.542. The maximum absolute atomic E-state index is 14.5. The van der Waals surface area contributed by atoms with Crippen molar-refractivity contribution >= 4 is 21.8 Å². The van der Waals surface area contributed by atoms with Crippen LogP contribution in [0.2, 0.25) is 0 Å². The van der Waals surface area contributed by atoms with Gasteiger partial charge in [-0.2, -0.15) is 12.7 Å². The van der Waals surface area contributed by atoms with Crippen molar-refractivity contribution in [1.29, 1.82) is 0 Å². The van der Waals surface area contributed by atoms with Gasteiger partial charge >= 0.3 is 10.2 Å². The molecule has 3 aromatic carbocycles. The normalized spacial score (nSPS) is 15.6. The Morgan fingerprint density at radius 1 is 1.00 bits per heavy atom. The lowest BCUT2D eigenvalue weighted by atomic mass is 9.87. The van der Waals surface area contributed by atoms with E-state index in [0.29, 0.717) is 11.1 Å². The zero-order valence-corrected chi connectivity index (χ0v) is 20.1. The molecule has 1 unspecified atom stereocenters.